The van der Waals surface area contributed by atoms with E-state index in [2.05, 4.69) is 10.6 Å². The maximum absolute atomic E-state index is 12.0. The van der Waals surface area contributed by atoms with Crippen LogP contribution < -0.4 is 10.6 Å². The average molecular weight is 245 g/mol. The molecular weight excluding hydrogens is 226 g/mol. The molecule has 2 saturated heterocycles. The number of urea groups is 1. The lowest BCUT2D eigenvalue weighted by molar-refractivity contribution is 0.205. The van der Waals surface area contributed by atoms with Crippen molar-refractivity contribution < 1.29 is 4.79 Å². The fourth-order valence-electron chi connectivity index (χ4n) is 2.90. The van der Waals surface area contributed by atoms with Crippen molar-refractivity contribution in [3.8, 4) is 0 Å². The van der Waals surface area contributed by atoms with Crippen molar-refractivity contribution in [1.82, 2.24) is 15.5 Å². The highest BCUT2D eigenvalue weighted by molar-refractivity contribution is 5.74. The zero-order chi connectivity index (χ0) is 12.4. The minimum atomic E-state index is 0.0649. The molecule has 4 nitrogen and oxygen atoms in total. The number of benzene rings is 1. The molecule has 3 rings (SSSR count). The van der Waals surface area contributed by atoms with Gasteiger partial charge in [-0.15, -0.1) is 0 Å². The molecule has 1 aromatic carbocycles. The summed E-state index contributed by atoms with van der Waals surface area (Å²) in [6, 6.07) is 10.6. The highest BCUT2D eigenvalue weighted by atomic mass is 16.2. The Hall–Kier alpha value is -1.55. The number of rotatable bonds is 2. The summed E-state index contributed by atoms with van der Waals surface area (Å²) in [6.45, 7) is 3.47. The van der Waals surface area contributed by atoms with Crippen molar-refractivity contribution in [1.29, 1.82) is 0 Å². The third kappa shape index (κ3) is 2.34. The first kappa shape index (κ1) is 11.5. The van der Waals surface area contributed by atoms with Gasteiger partial charge in [-0.2, -0.15) is 0 Å². The fourth-order valence-corrected chi connectivity index (χ4v) is 2.90. The number of fused-ring (bicyclic) bond motifs is 1. The molecule has 0 spiro atoms. The molecule has 18 heavy (non-hydrogen) atoms. The summed E-state index contributed by atoms with van der Waals surface area (Å²) < 4.78 is 0. The normalized spacial score (nSPS) is 26.1. The minimum Gasteiger partial charge on any atom is -0.334 e. The lowest BCUT2D eigenvalue weighted by Gasteiger charge is -2.18. The third-order valence-electron chi connectivity index (χ3n) is 3.94. The van der Waals surface area contributed by atoms with Gasteiger partial charge in [-0.1, -0.05) is 30.3 Å². The number of amides is 2. The summed E-state index contributed by atoms with van der Waals surface area (Å²) >= 11 is 0. The van der Waals surface area contributed by atoms with E-state index in [0.29, 0.717) is 18.5 Å². The van der Waals surface area contributed by atoms with E-state index in [1.165, 1.54) is 6.42 Å². The van der Waals surface area contributed by atoms with E-state index in [9.17, 15) is 4.79 Å². The van der Waals surface area contributed by atoms with E-state index in [-0.39, 0.29) is 6.03 Å². The Morgan fingerprint density at radius 1 is 1.33 bits per heavy atom. The molecule has 0 aliphatic carbocycles. The molecular formula is C14H19N3O. The fraction of sp³-hybridized carbons (Fsp3) is 0.500. The van der Waals surface area contributed by atoms with Crippen LogP contribution in [0.15, 0.2) is 30.3 Å². The second-order valence-corrected chi connectivity index (χ2v) is 5.16. The van der Waals surface area contributed by atoms with Gasteiger partial charge in [-0.3, -0.25) is 0 Å². The molecule has 0 bridgehead atoms. The van der Waals surface area contributed by atoms with Crippen LogP contribution in [-0.2, 0) is 6.54 Å². The standard InChI is InChI=1S/C14H19N3O/c18-14(16-8-11-4-2-1-3-5-11)17-9-12-6-7-15-13(12)10-17/h1-5,12-13,15H,6-10H2,(H,16,18)/t12-,13+/m1/s1. The Labute approximate surface area is 107 Å². The number of hydrogen-bond acceptors (Lipinski definition) is 2. The summed E-state index contributed by atoms with van der Waals surface area (Å²) in [5.41, 5.74) is 1.14. The molecule has 4 heteroatoms. The number of likely N-dealkylation sites (tertiary alicyclic amines) is 1. The summed E-state index contributed by atoms with van der Waals surface area (Å²) in [5.74, 6) is 0.660. The predicted molar refractivity (Wildman–Crippen MR) is 70.1 cm³/mol. The van der Waals surface area contributed by atoms with Gasteiger partial charge in [0.05, 0.1) is 0 Å². The molecule has 0 aromatic heterocycles. The summed E-state index contributed by atoms with van der Waals surface area (Å²) in [7, 11) is 0. The van der Waals surface area contributed by atoms with E-state index >= 15 is 0 Å². The average Bonchev–Trinajstić information content (AvgIpc) is 2.98. The third-order valence-corrected chi connectivity index (χ3v) is 3.94. The van der Waals surface area contributed by atoms with Gasteiger partial charge in [0, 0.05) is 25.7 Å². The van der Waals surface area contributed by atoms with E-state index in [4.69, 9.17) is 0 Å². The first-order valence-corrected chi connectivity index (χ1v) is 6.63. The zero-order valence-electron chi connectivity index (χ0n) is 10.4. The van der Waals surface area contributed by atoms with Gasteiger partial charge in [0.1, 0.15) is 0 Å². The number of carbonyl (C=O) groups is 1. The van der Waals surface area contributed by atoms with Crippen LogP contribution >= 0.6 is 0 Å². The van der Waals surface area contributed by atoms with Gasteiger partial charge in [0.2, 0.25) is 0 Å². The Morgan fingerprint density at radius 3 is 2.94 bits per heavy atom. The molecule has 2 atom stereocenters. The Kier molecular flexibility index (Phi) is 3.19. The zero-order valence-corrected chi connectivity index (χ0v) is 10.4. The van der Waals surface area contributed by atoms with Crippen LogP contribution in [-0.4, -0.2) is 36.6 Å². The monoisotopic (exact) mass is 245 g/mol. The number of nitrogens with zero attached hydrogens (tertiary/aromatic N) is 1. The van der Waals surface area contributed by atoms with Crippen molar-refractivity contribution in [2.75, 3.05) is 19.6 Å². The van der Waals surface area contributed by atoms with Crippen molar-refractivity contribution in [3.05, 3.63) is 35.9 Å². The van der Waals surface area contributed by atoms with Crippen molar-refractivity contribution in [2.45, 2.75) is 19.0 Å². The molecule has 1 aromatic rings. The van der Waals surface area contributed by atoms with Crippen LogP contribution in [0.1, 0.15) is 12.0 Å². The second kappa shape index (κ2) is 4.98. The molecule has 0 radical (unpaired) electrons. The van der Waals surface area contributed by atoms with Crippen LogP contribution in [0.2, 0.25) is 0 Å². The molecule has 96 valence electrons. The van der Waals surface area contributed by atoms with E-state index < -0.39 is 0 Å². The van der Waals surface area contributed by atoms with Gasteiger partial charge in [-0.25, -0.2) is 4.79 Å². The van der Waals surface area contributed by atoms with E-state index in [1.54, 1.807) is 0 Å². The van der Waals surface area contributed by atoms with E-state index in [1.807, 2.05) is 35.2 Å². The lowest BCUT2D eigenvalue weighted by atomic mass is 10.1. The largest absolute Gasteiger partial charge is 0.334 e. The first-order chi connectivity index (χ1) is 8.83. The molecule has 0 saturated carbocycles. The van der Waals surface area contributed by atoms with Gasteiger partial charge in [0.15, 0.2) is 0 Å². The molecule has 2 aliphatic heterocycles. The van der Waals surface area contributed by atoms with Gasteiger partial charge in [0.25, 0.3) is 0 Å². The van der Waals surface area contributed by atoms with Crippen LogP contribution in [0.5, 0.6) is 0 Å². The second-order valence-electron chi connectivity index (χ2n) is 5.16. The first-order valence-electron chi connectivity index (χ1n) is 6.63. The number of carbonyl (C=O) groups excluding carboxylic acids is 1. The molecule has 2 heterocycles. The van der Waals surface area contributed by atoms with Crippen LogP contribution in [0.3, 0.4) is 0 Å². The van der Waals surface area contributed by atoms with Crippen molar-refractivity contribution in [3.63, 3.8) is 0 Å². The Balaban J connectivity index is 1.50. The van der Waals surface area contributed by atoms with Crippen molar-refractivity contribution >= 4 is 6.03 Å². The maximum atomic E-state index is 12.0. The maximum Gasteiger partial charge on any atom is 0.317 e. The van der Waals surface area contributed by atoms with Crippen molar-refractivity contribution in [2.24, 2.45) is 5.92 Å². The smallest absolute Gasteiger partial charge is 0.317 e. The molecule has 2 amide bonds. The number of hydrogen-bond donors (Lipinski definition) is 2. The van der Waals surface area contributed by atoms with Crippen LogP contribution in [0, 0.1) is 5.92 Å². The number of nitrogens with one attached hydrogen (secondary N) is 2. The highest BCUT2D eigenvalue weighted by Gasteiger charge is 2.37. The summed E-state index contributed by atoms with van der Waals surface area (Å²) in [4.78, 5) is 14.0. The highest BCUT2D eigenvalue weighted by Crippen LogP contribution is 2.24. The van der Waals surface area contributed by atoms with Gasteiger partial charge in [-0.05, 0) is 24.4 Å². The molecule has 2 N–H and O–H groups in total. The topological polar surface area (TPSA) is 44.4 Å². The SMILES string of the molecule is O=C(NCc1ccccc1)N1C[C@H]2CCN[C@H]2C1. The molecule has 2 aliphatic rings. The van der Waals surface area contributed by atoms with E-state index in [0.717, 1.165) is 25.2 Å². The molecule has 2 fully saturated rings. The Bertz CT molecular complexity index is 408. The summed E-state index contributed by atoms with van der Waals surface area (Å²) in [5, 5.41) is 6.44. The van der Waals surface area contributed by atoms with Crippen LogP contribution in [0.4, 0.5) is 4.79 Å². The van der Waals surface area contributed by atoms with Crippen LogP contribution in [0.25, 0.3) is 0 Å². The minimum absolute atomic E-state index is 0.0649. The molecule has 0 unspecified atom stereocenters. The van der Waals surface area contributed by atoms with Gasteiger partial charge < -0.3 is 15.5 Å². The lowest BCUT2D eigenvalue weighted by Crippen LogP contribution is -2.40. The predicted octanol–water partition coefficient (Wildman–Crippen LogP) is 1.19. The summed E-state index contributed by atoms with van der Waals surface area (Å²) in [6.07, 6.45) is 1.20. The quantitative estimate of drug-likeness (QED) is 0.822. The Morgan fingerprint density at radius 2 is 2.17 bits per heavy atom. The van der Waals surface area contributed by atoms with Gasteiger partial charge >= 0.3 is 6.03 Å².